The van der Waals surface area contributed by atoms with Gasteiger partial charge >= 0.3 is 0 Å². The fourth-order valence-corrected chi connectivity index (χ4v) is 4.53. The summed E-state index contributed by atoms with van der Waals surface area (Å²) in [6.45, 7) is 4.93. The summed E-state index contributed by atoms with van der Waals surface area (Å²) in [5.74, 6) is 4.91. The van der Waals surface area contributed by atoms with Crippen LogP contribution in [0, 0.1) is 19.3 Å². The van der Waals surface area contributed by atoms with E-state index in [0.29, 0.717) is 17.4 Å². The van der Waals surface area contributed by atoms with Gasteiger partial charge in [0, 0.05) is 25.1 Å². The second kappa shape index (κ2) is 9.28. The fraction of sp³-hybridized carbons (Fsp3) is 0.409. The summed E-state index contributed by atoms with van der Waals surface area (Å²) >= 11 is 1.37. The van der Waals surface area contributed by atoms with Gasteiger partial charge < -0.3 is 14.0 Å². The number of aryl methyl sites for hydroxylation is 1. The van der Waals surface area contributed by atoms with E-state index in [4.69, 9.17) is 20.4 Å². The van der Waals surface area contributed by atoms with Crippen LogP contribution in [0.1, 0.15) is 35.7 Å². The van der Waals surface area contributed by atoms with Gasteiger partial charge in [0.15, 0.2) is 17.3 Å². The molecule has 1 fully saturated rings. The molecule has 2 aromatic heterocycles. The molecule has 156 valence electrons. The highest BCUT2D eigenvalue weighted by atomic mass is 32.1. The van der Waals surface area contributed by atoms with Gasteiger partial charge in [0.05, 0.1) is 18.5 Å². The van der Waals surface area contributed by atoms with Crippen molar-refractivity contribution < 1.29 is 14.0 Å². The Morgan fingerprint density at radius 3 is 3.00 bits per heavy atom. The van der Waals surface area contributed by atoms with Crippen LogP contribution in [-0.2, 0) is 6.54 Å². The number of ether oxygens (including phenoxy) is 2. The predicted octanol–water partition coefficient (Wildman–Crippen LogP) is 3.90. The topological polar surface area (TPSA) is 73.5 Å². The number of rotatable bonds is 7. The van der Waals surface area contributed by atoms with Crippen LogP contribution in [0.3, 0.4) is 0 Å². The first-order valence-electron chi connectivity index (χ1n) is 9.89. The van der Waals surface area contributed by atoms with Gasteiger partial charge in [-0.2, -0.15) is 0 Å². The summed E-state index contributed by atoms with van der Waals surface area (Å²) in [6, 6.07) is 7.94. The van der Waals surface area contributed by atoms with E-state index in [1.807, 2.05) is 25.1 Å². The van der Waals surface area contributed by atoms with Crippen LogP contribution in [0.5, 0.6) is 11.5 Å². The molecular weight excluding hydrogens is 400 g/mol. The fourth-order valence-electron chi connectivity index (χ4n) is 3.84. The minimum Gasteiger partial charge on any atom is -0.493 e. The lowest BCUT2D eigenvalue weighted by Gasteiger charge is -2.32. The van der Waals surface area contributed by atoms with Crippen molar-refractivity contribution in [1.82, 2.24) is 19.6 Å². The first-order chi connectivity index (χ1) is 14.7. The Morgan fingerprint density at radius 1 is 1.33 bits per heavy atom. The largest absolute Gasteiger partial charge is 0.493 e. The summed E-state index contributed by atoms with van der Waals surface area (Å²) in [5.41, 5.74) is 3.04. The normalized spacial score (nSPS) is 16.9. The van der Waals surface area contributed by atoms with E-state index in [1.165, 1.54) is 17.1 Å². The molecule has 3 aromatic rings. The predicted molar refractivity (Wildman–Crippen MR) is 115 cm³/mol. The van der Waals surface area contributed by atoms with Crippen molar-refractivity contribution in [3.8, 4) is 34.5 Å². The summed E-state index contributed by atoms with van der Waals surface area (Å²) in [4.78, 5) is 3.43. The molecule has 1 atom stereocenters. The van der Waals surface area contributed by atoms with Crippen LogP contribution >= 0.6 is 11.5 Å². The van der Waals surface area contributed by atoms with Crippen LogP contribution in [-0.4, -0.2) is 46.4 Å². The van der Waals surface area contributed by atoms with Gasteiger partial charge in [-0.15, -0.1) is 11.5 Å². The molecule has 30 heavy (non-hydrogen) atoms. The summed E-state index contributed by atoms with van der Waals surface area (Å²) in [5, 5.41) is 8.44. The highest BCUT2D eigenvalue weighted by Gasteiger charge is 2.28. The Morgan fingerprint density at radius 2 is 2.23 bits per heavy atom. The molecule has 0 aliphatic carbocycles. The average molecular weight is 425 g/mol. The molecule has 0 amide bonds. The van der Waals surface area contributed by atoms with Gasteiger partial charge in [0.25, 0.3) is 0 Å². The van der Waals surface area contributed by atoms with E-state index in [0.717, 1.165) is 54.5 Å². The van der Waals surface area contributed by atoms with E-state index in [2.05, 4.69) is 31.6 Å². The van der Waals surface area contributed by atoms with Gasteiger partial charge in [-0.25, -0.2) is 0 Å². The van der Waals surface area contributed by atoms with Gasteiger partial charge in [-0.3, -0.25) is 4.90 Å². The number of terminal acetylenes is 1. The lowest BCUT2D eigenvalue weighted by Crippen LogP contribution is -2.34. The third kappa shape index (κ3) is 4.48. The monoisotopic (exact) mass is 424 g/mol. The molecule has 1 aliphatic rings. The Bertz CT molecular complexity index is 1040. The standard InChI is InChI=1S/C22H24N4O3S/c1-4-10-28-18-8-7-16(12-19(18)27-3)13-26-9-5-6-17(14-26)21-22(30-25-23-21)20-11-15(2)24-29-20/h1,7-8,11-12,17H,5-6,9-10,13-14H2,2-3H3/t17-/m1/s1. The van der Waals surface area contributed by atoms with Crippen LogP contribution in [0.15, 0.2) is 28.8 Å². The Kier molecular flexibility index (Phi) is 6.31. The minimum absolute atomic E-state index is 0.220. The zero-order chi connectivity index (χ0) is 20.9. The van der Waals surface area contributed by atoms with Crippen molar-refractivity contribution >= 4 is 11.5 Å². The minimum atomic E-state index is 0.220. The molecule has 1 aliphatic heterocycles. The highest BCUT2D eigenvalue weighted by Crippen LogP contribution is 2.36. The quantitative estimate of drug-likeness (QED) is 0.533. The number of methoxy groups -OCH3 is 1. The number of hydrogen-bond acceptors (Lipinski definition) is 8. The van der Waals surface area contributed by atoms with Crippen molar-refractivity contribution in [3.05, 3.63) is 41.2 Å². The maximum absolute atomic E-state index is 5.54. The molecule has 0 bridgehead atoms. The highest BCUT2D eigenvalue weighted by molar-refractivity contribution is 7.09. The molecule has 0 radical (unpaired) electrons. The van der Waals surface area contributed by atoms with E-state index in [9.17, 15) is 0 Å². The number of aromatic nitrogens is 3. The van der Waals surface area contributed by atoms with Crippen molar-refractivity contribution in [2.45, 2.75) is 32.2 Å². The summed E-state index contributed by atoms with van der Waals surface area (Å²) in [6.07, 6.45) is 7.48. The van der Waals surface area contributed by atoms with Crippen molar-refractivity contribution in [1.29, 1.82) is 0 Å². The lowest BCUT2D eigenvalue weighted by atomic mass is 9.93. The lowest BCUT2D eigenvalue weighted by molar-refractivity contribution is 0.198. The number of hydrogen-bond donors (Lipinski definition) is 0. The molecule has 0 saturated carbocycles. The molecule has 0 unspecified atom stereocenters. The number of piperidine rings is 1. The molecular formula is C22H24N4O3S. The Labute approximate surface area is 180 Å². The van der Waals surface area contributed by atoms with Crippen molar-refractivity contribution in [2.75, 3.05) is 26.8 Å². The van der Waals surface area contributed by atoms with E-state index >= 15 is 0 Å². The number of likely N-dealkylation sites (tertiary alicyclic amines) is 1. The number of nitrogens with zero attached hydrogens (tertiary/aromatic N) is 4. The summed E-state index contributed by atoms with van der Waals surface area (Å²) < 4.78 is 20.7. The van der Waals surface area contributed by atoms with Crippen molar-refractivity contribution in [3.63, 3.8) is 0 Å². The maximum Gasteiger partial charge on any atom is 0.180 e. The van der Waals surface area contributed by atoms with Gasteiger partial charge in [0.2, 0.25) is 0 Å². The van der Waals surface area contributed by atoms with E-state index in [1.54, 1.807) is 7.11 Å². The van der Waals surface area contributed by atoms with Crippen LogP contribution in [0.2, 0.25) is 0 Å². The molecule has 0 N–H and O–H groups in total. The molecule has 8 heteroatoms. The Hall–Kier alpha value is -2.89. The summed E-state index contributed by atoms with van der Waals surface area (Å²) in [7, 11) is 1.64. The zero-order valence-corrected chi connectivity index (χ0v) is 17.9. The van der Waals surface area contributed by atoms with Crippen LogP contribution in [0.25, 0.3) is 10.6 Å². The number of benzene rings is 1. The Balaban J connectivity index is 1.47. The van der Waals surface area contributed by atoms with Crippen molar-refractivity contribution in [2.24, 2.45) is 0 Å². The first-order valence-corrected chi connectivity index (χ1v) is 10.7. The smallest absolute Gasteiger partial charge is 0.180 e. The second-order valence-corrected chi connectivity index (χ2v) is 8.13. The first kappa shape index (κ1) is 20.4. The molecule has 1 saturated heterocycles. The average Bonchev–Trinajstić information content (AvgIpc) is 3.42. The third-order valence-electron chi connectivity index (χ3n) is 5.20. The molecule has 4 rings (SSSR count). The molecule has 3 heterocycles. The van der Waals surface area contributed by atoms with E-state index < -0.39 is 0 Å². The van der Waals surface area contributed by atoms with E-state index in [-0.39, 0.29) is 6.61 Å². The molecule has 0 spiro atoms. The van der Waals surface area contributed by atoms with Gasteiger partial charge in [-0.05, 0) is 55.5 Å². The van der Waals surface area contributed by atoms with Crippen LogP contribution < -0.4 is 9.47 Å². The zero-order valence-electron chi connectivity index (χ0n) is 17.1. The molecule has 1 aromatic carbocycles. The second-order valence-electron chi connectivity index (χ2n) is 7.37. The van der Waals surface area contributed by atoms with Crippen LogP contribution in [0.4, 0.5) is 0 Å². The third-order valence-corrected chi connectivity index (χ3v) is 5.96. The maximum atomic E-state index is 5.54. The molecule has 7 nitrogen and oxygen atoms in total. The van der Waals surface area contributed by atoms with Gasteiger partial charge in [0.1, 0.15) is 11.5 Å². The van der Waals surface area contributed by atoms with Gasteiger partial charge in [-0.1, -0.05) is 21.6 Å². The SMILES string of the molecule is C#CCOc1ccc(CN2CCC[C@@H](c3nnsc3-c3cc(C)no3)C2)cc1OC.